The number of ether oxygens (including phenoxy) is 1. The second-order valence-electron chi connectivity index (χ2n) is 5.33. The van der Waals surface area contributed by atoms with Crippen molar-refractivity contribution in [3.63, 3.8) is 0 Å². The van der Waals surface area contributed by atoms with Crippen LogP contribution >= 0.6 is 11.6 Å². The van der Waals surface area contributed by atoms with Gasteiger partial charge in [-0.1, -0.05) is 17.7 Å². The summed E-state index contributed by atoms with van der Waals surface area (Å²) in [6, 6.07) is 13.2. The molecule has 0 saturated heterocycles. The van der Waals surface area contributed by atoms with Crippen molar-refractivity contribution in [3.05, 3.63) is 59.4 Å². The summed E-state index contributed by atoms with van der Waals surface area (Å²) in [6.07, 6.45) is 0.268. The molecule has 1 N–H and O–H groups in total. The maximum atomic E-state index is 12.2. The molecule has 0 atom stereocenters. The van der Waals surface area contributed by atoms with Crippen molar-refractivity contribution in [2.24, 2.45) is 0 Å². The van der Waals surface area contributed by atoms with Gasteiger partial charge in [-0.15, -0.1) is 10.2 Å². The minimum atomic E-state index is -3.62. The Morgan fingerprint density at radius 2 is 1.92 bits per heavy atom. The molecular weight excluding hydrogens is 378 g/mol. The second-order valence-corrected chi connectivity index (χ2v) is 7.54. The molecule has 3 aromatic rings. The lowest BCUT2D eigenvalue weighted by Crippen LogP contribution is -2.26. The summed E-state index contributed by atoms with van der Waals surface area (Å²) in [4.78, 5) is 0.143. The topological polar surface area (TPSA) is 94.3 Å². The summed E-state index contributed by atoms with van der Waals surface area (Å²) in [7, 11) is -2.04. The molecule has 0 spiro atoms. The van der Waals surface area contributed by atoms with Crippen LogP contribution in [0.1, 0.15) is 5.89 Å². The number of benzene rings is 2. The molecule has 1 aromatic heterocycles. The monoisotopic (exact) mass is 393 g/mol. The number of sulfonamides is 1. The highest BCUT2D eigenvalue weighted by Gasteiger charge is 2.15. The minimum absolute atomic E-state index is 0.130. The van der Waals surface area contributed by atoms with Crippen LogP contribution < -0.4 is 9.46 Å². The van der Waals surface area contributed by atoms with E-state index in [0.29, 0.717) is 22.6 Å². The molecule has 0 saturated carbocycles. The highest BCUT2D eigenvalue weighted by atomic mass is 35.5. The summed E-state index contributed by atoms with van der Waals surface area (Å²) >= 11 is 5.77. The van der Waals surface area contributed by atoms with Crippen LogP contribution in [0.15, 0.2) is 57.8 Å². The third-order valence-electron chi connectivity index (χ3n) is 3.54. The molecule has 136 valence electrons. The van der Waals surface area contributed by atoms with E-state index in [4.69, 9.17) is 20.8 Å². The van der Waals surface area contributed by atoms with Crippen molar-refractivity contribution in [3.8, 4) is 17.2 Å². The third-order valence-corrected chi connectivity index (χ3v) is 5.27. The van der Waals surface area contributed by atoms with Crippen LogP contribution in [0.2, 0.25) is 5.02 Å². The van der Waals surface area contributed by atoms with Gasteiger partial charge in [0, 0.05) is 23.6 Å². The van der Waals surface area contributed by atoms with Gasteiger partial charge in [0.05, 0.1) is 12.0 Å². The van der Waals surface area contributed by atoms with E-state index in [-0.39, 0.29) is 17.9 Å². The van der Waals surface area contributed by atoms with Crippen molar-refractivity contribution in [2.45, 2.75) is 11.3 Å². The van der Waals surface area contributed by atoms with E-state index >= 15 is 0 Å². The Bertz CT molecular complexity index is 987. The Kier molecular flexibility index (Phi) is 5.55. The largest absolute Gasteiger partial charge is 0.497 e. The normalized spacial score (nSPS) is 11.5. The Morgan fingerprint density at radius 1 is 1.15 bits per heavy atom. The fourth-order valence-corrected chi connectivity index (χ4v) is 3.37. The predicted octanol–water partition coefficient (Wildman–Crippen LogP) is 2.92. The van der Waals surface area contributed by atoms with Gasteiger partial charge < -0.3 is 9.15 Å². The van der Waals surface area contributed by atoms with Gasteiger partial charge in [-0.25, -0.2) is 13.1 Å². The number of nitrogens with zero attached hydrogens (tertiary/aromatic N) is 2. The first kappa shape index (κ1) is 18.4. The molecule has 0 aliphatic heterocycles. The molecule has 0 amide bonds. The maximum absolute atomic E-state index is 12.2. The number of rotatable bonds is 7. The van der Waals surface area contributed by atoms with E-state index in [1.807, 2.05) is 18.2 Å². The van der Waals surface area contributed by atoms with Crippen molar-refractivity contribution < 1.29 is 17.6 Å². The van der Waals surface area contributed by atoms with Gasteiger partial charge in [-0.2, -0.15) is 0 Å². The first-order chi connectivity index (χ1) is 12.5. The van der Waals surface area contributed by atoms with E-state index in [1.54, 1.807) is 13.2 Å². The lowest BCUT2D eigenvalue weighted by Gasteiger charge is -2.05. The van der Waals surface area contributed by atoms with Crippen LogP contribution in [0, 0.1) is 0 Å². The van der Waals surface area contributed by atoms with Gasteiger partial charge in [-0.05, 0) is 42.5 Å². The SMILES string of the molecule is COc1cccc(-c2nnc(CCNS(=O)(=O)c3ccc(Cl)cc3)o2)c1. The number of hydrogen-bond acceptors (Lipinski definition) is 6. The number of aromatic nitrogens is 2. The lowest BCUT2D eigenvalue weighted by molar-refractivity contribution is 0.414. The van der Waals surface area contributed by atoms with E-state index in [0.717, 1.165) is 5.56 Å². The average Bonchev–Trinajstić information content (AvgIpc) is 3.11. The lowest BCUT2D eigenvalue weighted by atomic mass is 10.2. The number of halogens is 1. The standard InChI is InChI=1S/C17H16ClN3O4S/c1-24-14-4-2-3-12(11-14)17-21-20-16(25-17)9-10-19-26(22,23)15-7-5-13(18)6-8-15/h2-8,11,19H,9-10H2,1H3. The quantitative estimate of drug-likeness (QED) is 0.663. The number of hydrogen-bond donors (Lipinski definition) is 1. The summed E-state index contributed by atoms with van der Waals surface area (Å²) in [5.74, 6) is 1.36. The van der Waals surface area contributed by atoms with E-state index in [9.17, 15) is 8.42 Å². The van der Waals surface area contributed by atoms with Crippen LogP contribution in [0.4, 0.5) is 0 Å². The molecule has 0 unspecified atom stereocenters. The van der Waals surface area contributed by atoms with Crippen LogP contribution in [-0.2, 0) is 16.4 Å². The summed E-state index contributed by atoms with van der Waals surface area (Å²) < 4.78 is 37.6. The van der Waals surface area contributed by atoms with Crippen molar-refractivity contribution in [2.75, 3.05) is 13.7 Å². The predicted molar refractivity (Wildman–Crippen MR) is 96.6 cm³/mol. The van der Waals surface area contributed by atoms with Crippen LogP contribution in [-0.4, -0.2) is 32.3 Å². The van der Waals surface area contributed by atoms with Gasteiger partial charge in [0.1, 0.15) is 5.75 Å². The van der Waals surface area contributed by atoms with Gasteiger partial charge in [0.2, 0.25) is 21.8 Å². The Hall–Kier alpha value is -2.42. The Labute approximate surface area is 156 Å². The highest BCUT2D eigenvalue weighted by Crippen LogP contribution is 2.22. The molecule has 0 radical (unpaired) electrons. The summed E-state index contributed by atoms with van der Waals surface area (Å²) in [5, 5.41) is 8.40. The van der Waals surface area contributed by atoms with E-state index in [2.05, 4.69) is 14.9 Å². The molecule has 2 aromatic carbocycles. The molecule has 26 heavy (non-hydrogen) atoms. The van der Waals surface area contributed by atoms with Crippen molar-refractivity contribution in [1.82, 2.24) is 14.9 Å². The third kappa shape index (κ3) is 4.40. The van der Waals surface area contributed by atoms with Crippen LogP contribution in [0.5, 0.6) is 5.75 Å². The zero-order valence-electron chi connectivity index (χ0n) is 13.8. The highest BCUT2D eigenvalue weighted by molar-refractivity contribution is 7.89. The van der Waals surface area contributed by atoms with E-state index < -0.39 is 10.0 Å². The molecule has 0 aliphatic rings. The van der Waals surface area contributed by atoms with Crippen LogP contribution in [0.3, 0.4) is 0 Å². The molecule has 9 heteroatoms. The fraction of sp³-hybridized carbons (Fsp3) is 0.176. The zero-order chi connectivity index (χ0) is 18.6. The number of methoxy groups -OCH3 is 1. The van der Waals surface area contributed by atoms with Crippen molar-refractivity contribution in [1.29, 1.82) is 0 Å². The molecule has 0 bridgehead atoms. The average molecular weight is 394 g/mol. The van der Waals surface area contributed by atoms with Gasteiger partial charge in [-0.3, -0.25) is 0 Å². The maximum Gasteiger partial charge on any atom is 0.247 e. The molecule has 0 fully saturated rings. The number of nitrogens with one attached hydrogen (secondary N) is 1. The van der Waals surface area contributed by atoms with Crippen molar-refractivity contribution >= 4 is 21.6 Å². The van der Waals surface area contributed by atoms with E-state index in [1.165, 1.54) is 24.3 Å². The molecule has 3 rings (SSSR count). The second kappa shape index (κ2) is 7.86. The molecular formula is C17H16ClN3O4S. The molecule has 0 aliphatic carbocycles. The zero-order valence-corrected chi connectivity index (χ0v) is 15.4. The Balaban J connectivity index is 1.62. The molecule has 7 nitrogen and oxygen atoms in total. The first-order valence-electron chi connectivity index (χ1n) is 7.70. The fourth-order valence-electron chi connectivity index (χ4n) is 2.22. The molecule has 1 heterocycles. The van der Waals surface area contributed by atoms with Gasteiger partial charge in [0.25, 0.3) is 0 Å². The van der Waals surface area contributed by atoms with Gasteiger partial charge >= 0.3 is 0 Å². The Morgan fingerprint density at radius 3 is 2.65 bits per heavy atom. The first-order valence-corrected chi connectivity index (χ1v) is 9.56. The minimum Gasteiger partial charge on any atom is -0.497 e. The summed E-state index contributed by atoms with van der Waals surface area (Å²) in [6.45, 7) is 0.130. The summed E-state index contributed by atoms with van der Waals surface area (Å²) in [5.41, 5.74) is 0.727. The van der Waals surface area contributed by atoms with Gasteiger partial charge in [0.15, 0.2) is 0 Å². The smallest absolute Gasteiger partial charge is 0.247 e. The van der Waals surface area contributed by atoms with Crippen LogP contribution in [0.25, 0.3) is 11.5 Å².